The maximum atomic E-state index is 13.0. The number of hydrogen-bond acceptors (Lipinski definition) is 4. The lowest BCUT2D eigenvalue weighted by Gasteiger charge is -2.35. The van der Waals surface area contributed by atoms with E-state index < -0.39 is 0 Å². The van der Waals surface area contributed by atoms with Gasteiger partial charge in [-0.25, -0.2) is 0 Å². The molecule has 0 bridgehead atoms. The fraction of sp³-hybridized carbons (Fsp3) is 0.333. The molecule has 6 heteroatoms. The Morgan fingerprint density at radius 2 is 1.87 bits per heavy atom. The largest absolute Gasteiger partial charge is 0.379 e. The van der Waals surface area contributed by atoms with Crippen LogP contribution in [0.5, 0.6) is 0 Å². The SMILES string of the molecule is Cc1ccc2cc(C(=O)NCC(c3ccc(Cl)cc3)N3CCOCC3)c(C)nc2c1. The molecule has 1 fully saturated rings. The van der Waals surface area contributed by atoms with Gasteiger partial charge >= 0.3 is 0 Å². The Bertz CT molecular complexity index is 1050. The van der Waals surface area contributed by atoms with Crippen molar-refractivity contribution in [1.82, 2.24) is 15.2 Å². The second-order valence-electron chi connectivity index (χ2n) is 7.74. The lowest BCUT2D eigenvalue weighted by molar-refractivity contribution is 0.0162. The van der Waals surface area contributed by atoms with E-state index in [-0.39, 0.29) is 11.9 Å². The summed E-state index contributed by atoms with van der Waals surface area (Å²) in [6.45, 7) is 7.50. The average Bonchev–Trinajstić information content (AvgIpc) is 2.75. The lowest BCUT2D eigenvalue weighted by atomic mass is 10.0. The van der Waals surface area contributed by atoms with Crippen LogP contribution in [0.1, 0.15) is 33.2 Å². The summed E-state index contributed by atoms with van der Waals surface area (Å²) in [5.41, 5.74) is 4.55. The molecule has 1 N–H and O–H groups in total. The highest BCUT2D eigenvalue weighted by molar-refractivity contribution is 6.30. The molecule has 1 aromatic heterocycles. The second kappa shape index (κ2) is 9.13. The first-order valence-electron chi connectivity index (χ1n) is 10.2. The van der Waals surface area contributed by atoms with Crippen LogP contribution in [0.2, 0.25) is 5.02 Å². The number of nitrogens with zero attached hydrogens (tertiary/aromatic N) is 2. The molecule has 1 unspecified atom stereocenters. The van der Waals surface area contributed by atoms with Crippen LogP contribution in [0.4, 0.5) is 0 Å². The Hall–Kier alpha value is -2.47. The summed E-state index contributed by atoms with van der Waals surface area (Å²) in [4.78, 5) is 20.0. The number of benzene rings is 2. The van der Waals surface area contributed by atoms with Gasteiger partial charge in [0.1, 0.15) is 0 Å². The summed E-state index contributed by atoms with van der Waals surface area (Å²) in [5.74, 6) is -0.102. The zero-order chi connectivity index (χ0) is 21.1. The Labute approximate surface area is 182 Å². The van der Waals surface area contributed by atoms with Crippen molar-refractivity contribution in [3.63, 3.8) is 0 Å². The quantitative estimate of drug-likeness (QED) is 0.664. The number of amides is 1. The second-order valence-corrected chi connectivity index (χ2v) is 8.18. The number of carbonyl (C=O) groups excluding carboxylic acids is 1. The number of nitrogens with one attached hydrogen (secondary N) is 1. The standard InChI is InChI=1S/C24H26ClN3O2/c1-16-3-4-19-14-21(17(2)27-22(19)13-16)24(29)26-15-23(28-9-11-30-12-10-28)18-5-7-20(25)8-6-18/h3-8,13-14,23H,9-12,15H2,1-2H3,(H,26,29). The number of ether oxygens (including phenoxy) is 1. The zero-order valence-electron chi connectivity index (χ0n) is 17.3. The number of aromatic nitrogens is 1. The minimum atomic E-state index is -0.102. The highest BCUT2D eigenvalue weighted by Gasteiger charge is 2.24. The van der Waals surface area contributed by atoms with Gasteiger partial charge in [-0.15, -0.1) is 0 Å². The summed E-state index contributed by atoms with van der Waals surface area (Å²) in [5, 5.41) is 4.81. The topological polar surface area (TPSA) is 54.5 Å². The van der Waals surface area contributed by atoms with Gasteiger partial charge in [-0.05, 0) is 49.2 Å². The third kappa shape index (κ3) is 4.64. The molecule has 5 nitrogen and oxygen atoms in total. The van der Waals surface area contributed by atoms with E-state index in [9.17, 15) is 4.79 Å². The predicted molar refractivity (Wildman–Crippen MR) is 120 cm³/mol. The third-order valence-electron chi connectivity index (χ3n) is 5.61. The fourth-order valence-corrected chi connectivity index (χ4v) is 4.05. The molecule has 30 heavy (non-hydrogen) atoms. The lowest BCUT2D eigenvalue weighted by Crippen LogP contribution is -2.43. The van der Waals surface area contributed by atoms with Crippen LogP contribution in [-0.2, 0) is 4.74 Å². The third-order valence-corrected chi connectivity index (χ3v) is 5.86. The van der Waals surface area contributed by atoms with Gasteiger partial charge in [-0.1, -0.05) is 35.9 Å². The highest BCUT2D eigenvalue weighted by Crippen LogP contribution is 2.24. The summed E-state index contributed by atoms with van der Waals surface area (Å²) in [7, 11) is 0. The molecule has 1 amide bonds. The first kappa shape index (κ1) is 20.8. The number of halogens is 1. The molecular formula is C24H26ClN3O2. The van der Waals surface area contributed by atoms with Gasteiger partial charge in [0, 0.05) is 30.0 Å². The first-order chi connectivity index (χ1) is 14.5. The van der Waals surface area contributed by atoms with E-state index in [1.54, 1.807) is 0 Å². The van der Waals surface area contributed by atoms with Crippen LogP contribution in [0.3, 0.4) is 0 Å². The molecule has 0 aliphatic carbocycles. The van der Waals surface area contributed by atoms with Gasteiger partial charge in [0.2, 0.25) is 0 Å². The van der Waals surface area contributed by atoms with Crippen molar-refractivity contribution in [2.24, 2.45) is 0 Å². The van der Waals surface area contributed by atoms with Crippen LogP contribution in [0.15, 0.2) is 48.5 Å². The summed E-state index contributed by atoms with van der Waals surface area (Å²) in [6, 6.07) is 15.9. The number of fused-ring (bicyclic) bond motifs is 1. The number of aryl methyl sites for hydroxylation is 2. The smallest absolute Gasteiger partial charge is 0.253 e. The first-order valence-corrected chi connectivity index (χ1v) is 10.6. The minimum absolute atomic E-state index is 0.0616. The fourth-order valence-electron chi connectivity index (χ4n) is 3.92. The van der Waals surface area contributed by atoms with Gasteiger partial charge in [0.15, 0.2) is 0 Å². The molecule has 0 saturated carbocycles. The van der Waals surface area contributed by atoms with Gasteiger partial charge in [-0.3, -0.25) is 14.7 Å². The number of rotatable bonds is 5. The van der Waals surface area contributed by atoms with Crippen molar-refractivity contribution in [3.8, 4) is 0 Å². The molecule has 1 aliphatic heterocycles. The minimum Gasteiger partial charge on any atom is -0.379 e. The van der Waals surface area contributed by atoms with E-state index in [4.69, 9.17) is 16.3 Å². The molecule has 1 aliphatic rings. The van der Waals surface area contributed by atoms with E-state index in [2.05, 4.69) is 15.2 Å². The van der Waals surface area contributed by atoms with Crippen molar-refractivity contribution < 1.29 is 9.53 Å². The van der Waals surface area contributed by atoms with Crippen LogP contribution in [0.25, 0.3) is 10.9 Å². The van der Waals surface area contributed by atoms with E-state index in [0.717, 1.165) is 40.8 Å². The molecule has 1 saturated heterocycles. The number of morpholine rings is 1. The Kier molecular flexibility index (Phi) is 6.32. The van der Waals surface area contributed by atoms with Crippen LogP contribution >= 0.6 is 11.6 Å². The van der Waals surface area contributed by atoms with Crippen LogP contribution in [-0.4, -0.2) is 48.6 Å². The molecule has 4 rings (SSSR count). The van der Waals surface area contributed by atoms with E-state index >= 15 is 0 Å². The maximum absolute atomic E-state index is 13.0. The summed E-state index contributed by atoms with van der Waals surface area (Å²) >= 11 is 6.07. The summed E-state index contributed by atoms with van der Waals surface area (Å²) < 4.78 is 5.51. The number of hydrogen-bond donors (Lipinski definition) is 1. The van der Waals surface area contributed by atoms with Crippen LogP contribution in [0, 0.1) is 13.8 Å². The van der Waals surface area contributed by atoms with Crippen molar-refractivity contribution >= 4 is 28.4 Å². The number of pyridine rings is 1. The van der Waals surface area contributed by atoms with Gasteiger partial charge < -0.3 is 10.1 Å². The number of carbonyl (C=O) groups is 1. The van der Waals surface area contributed by atoms with Crippen LogP contribution < -0.4 is 5.32 Å². The Balaban J connectivity index is 1.54. The van der Waals surface area contributed by atoms with Gasteiger partial charge in [0.25, 0.3) is 5.91 Å². The zero-order valence-corrected chi connectivity index (χ0v) is 18.1. The van der Waals surface area contributed by atoms with E-state index in [1.807, 2.05) is 62.4 Å². The molecular weight excluding hydrogens is 398 g/mol. The normalized spacial score (nSPS) is 15.8. The highest BCUT2D eigenvalue weighted by atomic mass is 35.5. The van der Waals surface area contributed by atoms with Gasteiger partial charge in [0.05, 0.1) is 36.0 Å². The Morgan fingerprint density at radius 3 is 2.60 bits per heavy atom. The predicted octanol–water partition coefficient (Wildman–Crippen LogP) is 4.31. The monoisotopic (exact) mass is 423 g/mol. The van der Waals surface area contributed by atoms with Gasteiger partial charge in [-0.2, -0.15) is 0 Å². The Morgan fingerprint density at radius 1 is 1.13 bits per heavy atom. The van der Waals surface area contributed by atoms with E-state index in [0.29, 0.717) is 30.3 Å². The van der Waals surface area contributed by atoms with Crippen molar-refractivity contribution in [1.29, 1.82) is 0 Å². The molecule has 2 aromatic carbocycles. The molecule has 0 radical (unpaired) electrons. The van der Waals surface area contributed by atoms with Crippen molar-refractivity contribution in [2.75, 3.05) is 32.8 Å². The summed E-state index contributed by atoms with van der Waals surface area (Å²) in [6.07, 6.45) is 0. The molecule has 0 spiro atoms. The average molecular weight is 424 g/mol. The van der Waals surface area contributed by atoms with E-state index in [1.165, 1.54) is 0 Å². The van der Waals surface area contributed by atoms with Crippen molar-refractivity contribution in [2.45, 2.75) is 19.9 Å². The molecule has 156 valence electrons. The molecule has 3 aromatic rings. The molecule has 1 atom stereocenters. The molecule has 2 heterocycles. The van der Waals surface area contributed by atoms with Crippen molar-refractivity contribution in [3.05, 3.63) is 75.9 Å². The maximum Gasteiger partial charge on any atom is 0.253 e.